The Morgan fingerprint density at radius 2 is 2.25 bits per heavy atom. The van der Waals surface area contributed by atoms with Gasteiger partial charge in [0.25, 0.3) is 0 Å². The second-order valence-corrected chi connectivity index (χ2v) is 5.58. The van der Waals surface area contributed by atoms with Gasteiger partial charge >= 0.3 is 11.9 Å². The van der Waals surface area contributed by atoms with E-state index in [-0.39, 0.29) is 25.4 Å². The Balaban J connectivity index is 1.56. The maximum atomic E-state index is 12.8. The number of alkyl halides is 3. The van der Waals surface area contributed by atoms with Crippen molar-refractivity contribution in [3.05, 3.63) is 34.0 Å². The zero-order valence-corrected chi connectivity index (χ0v) is 12.5. The van der Waals surface area contributed by atoms with Crippen molar-refractivity contribution in [2.24, 2.45) is 5.92 Å². The number of hydrogen-bond donors (Lipinski definition) is 3. The molecule has 0 spiro atoms. The average Bonchev–Trinajstić information content (AvgIpc) is 3.12. The van der Waals surface area contributed by atoms with Crippen LogP contribution in [0.2, 0.25) is 0 Å². The summed E-state index contributed by atoms with van der Waals surface area (Å²) in [5.41, 5.74) is -0.0114. The van der Waals surface area contributed by atoms with Crippen LogP contribution in [-0.2, 0) is 30.4 Å². The maximum absolute atomic E-state index is 12.8. The third-order valence-electron chi connectivity index (χ3n) is 3.93. The Kier molecular flexibility index (Phi) is 4.16. The van der Waals surface area contributed by atoms with Crippen molar-refractivity contribution in [2.45, 2.75) is 32.0 Å². The third-order valence-corrected chi connectivity index (χ3v) is 3.93. The summed E-state index contributed by atoms with van der Waals surface area (Å²) in [6.45, 7) is 0.387. The lowest BCUT2D eigenvalue weighted by molar-refractivity contribution is -0.147. The van der Waals surface area contributed by atoms with Gasteiger partial charge in [-0.25, -0.2) is 14.9 Å². The monoisotopic (exact) mass is 344 g/mol. The second kappa shape index (κ2) is 6.13. The fourth-order valence-corrected chi connectivity index (χ4v) is 2.78. The topological polar surface area (TPSA) is 108 Å². The molecule has 2 aromatic heterocycles. The molecular weight excluding hydrogens is 329 g/mol. The summed E-state index contributed by atoms with van der Waals surface area (Å²) < 4.78 is 39.5. The van der Waals surface area contributed by atoms with Gasteiger partial charge in [-0.05, 0) is 6.42 Å². The Bertz CT molecular complexity index is 790. The van der Waals surface area contributed by atoms with Crippen LogP contribution in [0.4, 0.5) is 13.2 Å². The van der Waals surface area contributed by atoms with E-state index in [1.165, 1.54) is 6.20 Å². The van der Waals surface area contributed by atoms with Crippen molar-refractivity contribution in [3.63, 3.8) is 0 Å². The summed E-state index contributed by atoms with van der Waals surface area (Å²) in [4.78, 5) is 28.9. The lowest BCUT2D eigenvalue weighted by Gasteiger charge is -2.24. The Labute approximate surface area is 133 Å². The first-order chi connectivity index (χ1) is 11.3. The molecule has 3 rings (SSSR count). The molecular formula is C13H15F3N6O2. The fourth-order valence-electron chi connectivity index (χ4n) is 2.78. The number of nitrogens with zero attached hydrogens (tertiary/aromatic N) is 3. The van der Waals surface area contributed by atoms with Gasteiger partial charge in [0, 0.05) is 43.7 Å². The van der Waals surface area contributed by atoms with E-state index in [0.717, 1.165) is 4.57 Å². The SMILES string of the molecule is O=C(NCCc1n[nH]c(=O)[nH]1)C1CCn2c(cnc2C(F)(F)F)C1. The van der Waals surface area contributed by atoms with Crippen LogP contribution in [0, 0.1) is 5.92 Å². The smallest absolute Gasteiger partial charge is 0.355 e. The fraction of sp³-hybridized carbons (Fsp3) is 0.538. The highest BCUT2D eigenvalue weighted by Crippen LogP contribution is 2.32. The molecule has 3 N–H and O–H groups in total. The van der Waals surface area contributed by atoms with Crippen molar-refractivity contribution >= 4 is 5.91 Å². The van der Waals surface area contributed by atoms with Crippen LogP contribution in [0.25, 0.3) is 0 Å². The predicted molar refractivity (Wildman–Crippen MR) is 75.0 cm³/mol. The van der Waals surface area contributed by atoms with Gasteiger partial charge in [0.1, 0.15) is 5.82 Å². The molecule has 130 valence electrons. The molecule has 3 heterocycles. The van der Waals surface area contributed by atoms with Crippen molar-refractivity contribution in [2.75, 3.05) is 6.54 Å². The van der Waals surface area contributed by atoms with Crippen LogP contribution in [0.3, 0.4) is 0 Å². The van der Waals surface area contributed by atoms with Crippen molar-refractivity contribution < 1.29 is 18.0 Å². The Morgan fingerprint density at radius 1 is 1.46 bits per heavy atom. The third kappa shape index (κ3) is 3.34. The highest BCUT2D eigenvalue weighted by atomic mass is 19.4. The molecule has 24 heavy (non-hydrogen) atoms. The number of carbonyl (C=O) groups excluding carboxylic acids is 1. The molecule has 1 aliphatic rings. The molecule has 0 fully saturated rings. The molecule has 0 radical (unpaired) electrons. The van der Waals surface area contributed by atoms with Gasteiger partial charge in [0.05, 0.1) is 0 Å². The van der Waals surface area contributed by atoms with E-state index in [2.05, 4.69) is 25.5 Å². The second-order valence-electron chi connectivity index (χ2n) is 5.58. The summed E-state index contributed by atoms with van der Waals surface area (Å²) in [6, 6.07) is 0. The first-order valence-electron chi connectivity index (χ1n) is 7.37. The highest BCUT2D eigenvalue weighted by molar-refractivity contribution is 5.79. The molecule has 1 unspecified atom stereocenters. The molecule has 2 aromatic rings. The van der Waals surface area contributed by atoms with E-state index >= 15 is 0 Å². The van der Waals surface area contributed by atoms with Crippen molar-refractivity contribution in [1.82, 2.24) is 30.0 Å². The number of aromatic amines is 2. The van der Waals surface area contributed by atoms with Crippen LogP contribution in [0.15, 0.2) is 11.0 Å². The van der Waals surface area contributed by atoms with Crippen LogP contribution in [0.5, 0.6) is 0 Å². The number of halogens is 3. The van der Waals surface area contributed by atoms with Gasteiger partial charge in [-0.1, -0.05) is 0 Å². The molecule has 8 nitrogen and oxygen atoms in total. The van der Waals surface area contributed by atoms with Crippen LogP contribution < -0.4 is 11.0 Å². The predicted octanol–water partition coefficient (Wildman–Crippen LogP) is 0.235. The summed E-state index contributed by atoms with van der Waals surface area (Å²) in [5.74, 6) is -1.11. The number of fused-ring (bicyclic) bond motifs is 1. The van der Waals surface area contributed by atoms with E-state index in [4.69, 9.17) is 0 Å². The van der Waals surface area contributed by atoms with Gasteiger partial charge in [0.15, 0.2) is 0 Å². The highest BCUT2D eigenvalue weighted by Gasteiger charge is 2.39. The molecule has 0 bridgehead atoms. The van der Waals surface area contributed by atoms with Gasteiger partial charge < -0.3 is 9.88 Å². The van der Waals surface area contributed by atoms with E-state index in [0.29, 0.717) is 24.4 Å². The number of carbonyl (C=O) groups is 1. The molecule has 11 heteroatoms. The number of nitrogens with one attached hydrogen (secondary N) is 3. The summed E-state index contributed by atoms with van der Waals surface area (Å²) >= 11 is 0. The van der Waals surface area contributed by atoms with Crippen LogP contribution in [-0.4, -0.2) is 37.2 Å². The Morgan fingerprint density at radius 3 is 2.92 bits per heavy atom. The van der Waals surface area contributed by atoms with Crippen molar-refractivity contribution in [3.8, 4) is 0 Å². The van der Waals surface area contributed by atoms with Gasteiger partial charge in [-0.2, -0.15) is 18.3 Å². The minimum absolute atomic E-state index is 0.106. The summed E-state index contributed by atoms with van der Waals surface area (Å²) in [5, 5.41) is 8.65. The van der Waals surface area contributed by atoms with Crippen LogP contribution >= 0.6 is 0 Å². The quantitative estimate of drug-likeness (QED) is 0.738. The molecule has 0 saturated carbocycles. The standard InChI is InChI=1S/C13H15F3N6O2/c14-13(15,16)11-18-6-8-5-7(2-4-22(8)11)10(23)17-3-1-9-19-12(24)21-20-9/h6-7H,1-5H2,(H,17,23)(H2,19,20,21,24). The zero-order valence-electron chi connectivity index (χ0n) is 12.5. The maximum Gasteiger partial charge on any atom is 0.449 e. The number of imidazole rings is 1. The minimum atomic E-state index is -4.49. The molecule has 0 aromatic carbocycles. The number of amides is 1. The number of rotatable bonds is 4. The number of hydrogen-bond acceptors (Lipinski definition) is 4. The number of H-pyrrole nitrogens is 2. The van der Waals surface area contributed by atoms with E-state index in [1.807, 2.05) is 0 Å². The van der Waals surface area contributed by atoms with Gasteiger partial charge in [-0.15, -0.1) is 0 Å². The van der Waals surface area contributed by atoms with Crippen molar-refractivity contribution in [1.29, 1.82) is 0 Å². The summed E-state index contributed by atoms with van der Waals surface area (Å²) in [7, 11) is 0. The number of aromatic nitrogens is 5. The summed E-state index contributed by atoms with van der Waals surface area (Å²) in [6.07, 6.45) is -2.43. The molecule has 0 aliphatic carbocycles. The minimum Gasteiger partial charge on any atom is -0.355 e. The van der Waals surface area contributed by atoms with Crippen LogP contribution in [0.1, 0.15) is 23.8 Å². The lowest BCUT2D eigenvalue weighted by Crippen LogP contribution is -2.36. The molecule has 1 aliphatic heterocycles. The Hall–Kier alpha value is -2.59. The van der Waals surface area contributed by atoms with E-state index in [9.17, 15) is 22.8 Å². The van der Waals surface area contributed by atoms with Gasteiger partial charge in [0.2, 0.25) is 11.7 Å². The van der Waals surface area contributed by atoms with E-state index in [1.54, 1.807) is 0 Å². The molecule has 1 atom stereocenters. The normalized spacial score (nSPS) is 17.5. The first-order valence-corrected chi connectivity index (χ1v) is 7.37. The average molecular weight is 344 g/mol. The molecule has 0 saturated heterocycles. The lowest BCUT2D eigenvalue weighted by atomic mass is 9.95. The molecule has 1 amide bonds. The van der Waals surface area contributed by atoms with E-state index < -0.39 is 23.6 Å². The zero-order chi connectivity index (χ0) is 17.3. The largest absolute Gasteiger partial charge is 0.449 e. The van der Waals surface area contributed by atoms with Gasteiger partial charge in [-0.3, -0.25) is 9.78 Å². The first kappa shape index (κ1) is 16.3.